The Morgan fingerprint density at radius 1 is 1.25 bits per heavy atom. The average molecular weight is 368 g/mol. The second kappa shape index (κ2) is 8.27. The number of amides is 1. The van der Waals surface area contributed by atoms with E-state index in [1.807, 2.05) is 30.3 Å². The van der Waals surface area contributed by atoms with Crippen LogP contribution in [0.5, 0.6) is 5.75 Å². The predicted molar refractivity (Wildman–Crippen MR) is 95.0 cm³/mol. The maximum atomic E-state index is 12.2. The summed E-state index contributed by atoms with van der Waals surface area (Å²) in [6.07, 6.45) is 1.68. The molecule has 0 saturated carbocycles. The highest BCUT2D eigenvalue weighted by atomic mass is 32.2. The van der Waals surface area contributed by atoms with Gasteiger partial charge in [0.25, 0.3) is 5.91 Å². The van der Waals surface area contributed by atoms with Crippen LogP contribution in [0.25, 0.3) is 0 Å². The summed E-state index contributed by atoms with van der Waals surface area (Å²) in [5.74, 6) is 0.601. The van der Waals surface area contributed by atoms with Crippen LogP contribution in [0.4, 0.5) is 0 Å². The number of carbonyl (C=O) groups is 1. The van der Waals surface area contributed by atoms with E-state index >= 15 is 0 Å². The van der Waals surface area contributed by atoms with Crippen LogP contribution >= 0.6 is 11.3 Å². The lowest BCUT2D eigenvalue weighted by Crippen LogP contribution is -2.24. The summed E-state index contributed by atoms with van der Waals surface area (Å²) in [6, 6.07) is 11.1. The van der Waals surface area contributed by atoms with Gasteiger partial charge < -0.3 is 10.1 Å². The van der Waals surface area contributed by atoms with E-state index in [0.717, 1.165) is 22.4 Å². The number of thiophene rings is 1. The summed E-state index contributed by atoms with van der Waals surface area (Å²) in [6.45, 7) is 0.739. The Labute approximate surface area is 145 Å². The first-order valence-electron chi connectivity index (χ1n) is 7.32. The Kier molecular flexibility index (Phi) is 6.36. The van der Waals surface area contributed by atoms with Crippen molar-refractivity contribution < 1.29 is 17.9 Å². The largest absolute Gasteiger partial charge is 0.497 e. The van der Waals surface area contributed by atoms with Crippen molar-refractivity contribution in [3.8, 4) is 5.75 Å². The van der Waals surface area contributed by atoms with Gasteiger partial charge in [-0.2, -0.15) is 0 Å². The van der Waals surface area contributed by atoms with E-state index in [1.165, 1.54) is 11.3 Å². The van der Waals surface area contributed by atoms with Crippen molar-refractivity contribution in [1.29, 1.82) is 0 Å². The third-order valence-corrected chi connectivity index (χ3v) is 5.08. The summed E-state index contributed by atoms with van der Waals surface area (Å²) in [4.78, 5) is 13.7. The van der Waals surface area contributed by atoms with Crippen molar-refractivity contribution in [3.05, 3.63) is 51.7 Å². The number of benzene rings is 1. The van der Waals surface area contributed by atoms with E-state index < -0.39 is 10.0 Å². The van der Waals surface area contributed by atoms with Crippen LogP contribution < -0.4 is 14.8 Å². The Morgan fingerprint density at radius 3 is 2.75 bits per heavy atom. The molecular formula is C16H20N2O4S2. The molecule has 0 spiro atoms. The van der Waals surface area contributed by atoms with Gasteiger partial charge in [-0.3, -0.25) is 4.79 Å². The maximum absolute atomic E-state index is 12.2. The van der Waals surface area contributed by atoms with Crippen LogP contribution in [0.15, 0.2) is 36.4 Å². The molecule has 8 heteroatoms. The third-order valence-electron chi connectivity index (χ3n) is 3.21. The van der Waals surface area contributed by atoms with E-state index in [0.29, 0.717) is 24.4 Å². The normalized spacial score (nSPS) is 11.2. The van der Waals surface area contributed by atoms with E-state index in [2.05, 4.69) is 10.0 Å². The molecule has 2 aromatic rings. The van der Waals surface area contributed by atoms with Gasteiger partial charge in [-0.15, -0.1) is 11.3 Å². The first kappa shape index (κ1) is 18.4. The molecular weight excluding hydrogens is 348 g/mol. The number of carbonyl (C=O) groups excluding carboxylic acids is 1. The molecule has 2 rings (SSSR count). The van der Waals surface area contributed by atoms with Gasteiger partial charge in [-0.05, 0) is 36.2 Å². The van der Waals surface area contributed by atoms with Gasteiger partial charge >= 0.3 is 0 Å². The van der Waals surface area contributed by atoms with Gasteiger partial charge in [-0.1, -0.05) is 12.1 Å². The molecule has 24 heavy (non-hydrogen) atoms. The highest BCUT2D eigenvalue weighted by molar-refractivity contribution is 7.88. The van der Waals surface area contributed by atoms with Gasteiger partial charge in [0.2, 0.25) is 10.0 Å². The Hall–Kier alpha value is -1.90. The highest BCUT2D eigenvalue weighted by Crippen LogP contribution is 2.17. The zero-order chi connectivity index (χ0) is 17.6. The molecule has 0 aliphatic rings. The molecule has 1 aromatic carbocycles. The Balaban J connectivity index is 1.86. The van der Waals surface area contributed by atoms with Gasteiger partial charge in [0, 0.05) is 18.0 Å². The van der Waals surface area contributed by atoms with Crippen molar-refractivity contribution in [2.24, 2.45) is 0 Å². The fourth-order valence-electron chi connectivity index (χ4n) is 2.05. The van der Waals surface area contributed by atoms with E-state index in [1.54, 1.807) is 13.2 Å². The van der Waals surface area contributed by atoms with Crippen molar-refractivity contribution in [1.82, 2.24) is 10.0 Å². The van der Waals surface area contributed by atoms with Gasteiger partial charge in [-0.25, -0.2) is 13.1 Å². The van der Waals surface area contributed by atoms with Gasteiger partial charge in [0.1, 0.15) is 5.75 Å². The van der Waals surface area contributed by atoms with Crippen LogP contribution in [-0.4, -0.2) is 34.2 Å². The Morgan fingerprint density at radius 2 is 2.04 bits per heavy atom. The quantitative estimate of drug-likeness (QED) is 0.744. The average Bonchev–Trinajstić information content (AvgIpc) is 3.00. The molecule has 0 aliphatic heterocycles. The molecule has 0 saturated heterocycles. The number of hydrogen-bond acceptors (Lipinski definition) is 5. The topological polar surface area (TPSA) is 84.5 Å². The summed E-state index contributed by atoms with van der Waals surface area (Å²) in [7, 11) is -1.58. The summed E-state index contributed by atoms with van der Waals surface area (Å²) >= 11 is 1.36. The monoisotopic (exact) mass is 368 g/mol. The smallest absolute Gasteiger partial charge is 0.261 e. The van der Waals surface area contributed by atoms with Crippen LogP contribution in [0, 0.1) is 0 Å². The molecule has 0 atom stereocenters. The summed E-state index contributed by atoms with van der Waals surface area (Å²) in [5, 5.41) is 2.86. The fourth-order valence-corrected chi connectivity index (χ4v) is 3.44. The summed E-state index contributed by atoms with van der Waals surface area (Å²) in [5.41, 5.74) is 0.955. The number of rotatable bonds is 8. The fraction of sp³-hybridized carbons (Fsp3) is 0.312. The van der Waals surface area contributed by atoms with Crippen molar-refractivity contribution in [3.63, 3.8) is 0 Å². The second-order valence-electron chi connectivity index (χ2n) is 5.22. The first-order chi connectivity index (χ1) is 11.4. The van der Waals surface area contributed by atoms with E-state index in [9.17, 15) is 13.2 Å². The lowest BCUT2D eigenvalue weighted by atomic mass is 10.2. The zero-order valence-corrected chi connectivity index (χ0v) is 15.2. The number of nitrogens with one attached hydrogen (secondary N) is 2. The van der Waals surface area contributed by atoms with Crippen molar-refractivity contribution in [2.45, 2.75) is 13.0 Å². The second-order valence-corrected chi connectivity index (χ2v) is 8.22. The minimum Gasteiger partial charge on any atom is -0.497 e. The summed E-state index contributed by atoms with van der Waals surface area (Å²) < 4.78 is 29.6. The number of hydrogen-bond donors (Lipinski definition) is 2. The molecule has 1 amide bonds. The molecule has 1 heterocycles. The zero-order valence-electron chi connectivity index (χ0n) is 13.5. The van der Waals surface area contributed by atoms with Gasteiger partial charge in [0.05, 0.1) is 18.2 Å². The van der Waals surface area contributed by atoms with E-state index in [-0.39, 0.29) is 5.91 Å². The van der Waals surface area contributed by atoms with Crippen molar-refractivity contribution >= 4 is 27.3 Å². The number of sulfonamides is 1. The minimum atomic E-state index is -3.18. The standard InChI is InChI=1S/C16H20N2O4S2/c1-22-13-5-3-4-12(10-13)11-17-16(19)15-7-6-14(23-15)8-9-18-24(2,20)21/h3-7,10,18H,8-9,11H2,1-2H3,(H,17,19). The van der Waals surface area contributed by atoms with Crippen molar-refractivity contribution in [2.75, 3.05) is 19.9 Å². The molecule has 130 valence electrons. The highest BCUT2D eigenvalue weighted by Gasteiger charge is 2.10. The Bertz CT molecular complexity index is 800. The molecule has 1 aromatic heterocycles. The molecule has 0 radical (unpaired) electrons. The maximum Gasteiger partial charge on any atom is 0.261 e. The lowest BCUT2D eigenvalue weighted by Gasteiger charge is -2.06. The lowest BCUT2D eigenvalue weighted by molar-refractivity contribution is 0.0955. The van der Waals surface area contributed by atoms with Crippen LogP contribution in [0.3, 0.4) is 0 Å². The molecule has 0 unspecified atom stereocenters. The minimum absolute atomic E-state index is 0.148. The molecule has 0 fully saturated rings. The number of ether oxygens (including phenoxy) is 1. The third kappa shape index (κ3) is 5.95. The number of methoxy groups -OCH3 is 1. The molecule has 0 aliphatic carbocycles. The SMILES string of the molecule is COc1cccc(CNC(=O)c2ccc(CCNS(C)(=O)=O)s2)c1. The van der Waals surface area contributed by atoms with Crippen LogP contribution in [0.2, 0.25) is 0 Å². The van der Waals surface area contributed by atoms with Gasteiger partial charge in [0.15, 0.2) is 0 Å². The molecule has 0 bridgehead atoms. The molecule has 6 nitrogen and oxygen atoms in total. The van der Waals surface area contributed by atoms with Crippen LogP contribution in [0.1, 0.15) is 20.1 Å². The van der Waals surface area contributed by atoms with E-state index in [4.69, 9.17) is 4.74 Å². The molecule has 2 N–H and O–H groups in total. The van der Waals surface area contributed by atoms with Crippen LogP contribution in [-0.2, 0) is 23.0 Å². The first-order valence-corrected chi connectivity index (χ1v) is 10.0. The predicted octanol–water partition coefficient (Wildman–Crippen LogP) is 1.78.